The first kappa shape index (κ1) is 8.12. The molecular formula is C11H13NO2. The number of fused-ring (bicyclic) bond motifs is 2. The molecule has 3 heteroatoms. The fraction of sp³-hybridized carbons (Fsp3) is 0.455. The normalized spacial score (nSPS) is 23.4. The Balaban J connectivity index is 2.11. The Morgan fingerprint density at radius 1 is 1.14 bits per heavy atom. The minimum Gasteiger partial charge on any atom is -0.486 e. The number of hydrogen-bond donors (Lipinski definition) is 1. The molecule has 1 aliphatic carbocycles. The van der Waals surface area contributed by atoms with Crippen molar-refractivity contribution in [1.82, 2.24) is 0 Å². The van der Waals surface area contributed by atoms with Gasteiger partial charge in [0, 0.05) is 6.04 Å². The monoisotopic (exact) mass is 191 g/mol. The zero-order chi connectivity index (χ0) is 9.54. The van der Waals surface area contributed by atoms with Gasteiger partial charge >= 0.3 is 0 Å². The lowest BCUT2D eigenvalue weighted by Crippen LogP contribution is -2.16. The van der Waals surface area contributed by atoms with E-state index in [0.29, 0.717) is 13.2 Å². The van der Waals surface area contributed by atoms with Crippen molar-refractivity contribution in [3.05, 3.63) is 23.3 Å². The molecule has 0 radical (unpaired) electrons. The number of benzene rings is 1. The molecule has 0 saturated heterocycles. The van der Waals surface area contributed by atoms with Gasteiger partial charge in [0.25, 0.3) is 0 Å². The summed E-state index contributed by atoms with van der Waals surface area (Å²) in [6.45, 7) is 1.29. The van der Waals surface area contributed by atoms with Crippen LogP contribution < -0.4 is 15.2 Å². The number of nitrogens with two attached hydrogens (primary N) is 1. The molecule has 1 heterocycles. The van der Waals surface area contributed by atoms with Gasteiger partial charge in [-0.05, 0) is 36.1 Å². The van der Waals surface area contributed by atoms with Crippen molar-refractivity contribution in [3.63, 3.8) is 0 Å². The third kappa shape index (κ3) is 1.09. The van der Waals surface area contributed by atoms with E-state index < -0.39 is 0 Å². The molecule has 2 aliphatic rings. The second kappa shape index (κ2) is 2.89. The summed E-state index contributed by atoms with van der Waals surface area (Å²) < 4.78 is 11.0. The molecule has 0 aromatic heterocycles. The standard InChI is InChI=1S/C11H13NO2/c12-9-2-1-7-5-10-11(6-8(7)9)14-4-3-13-10/h5-6,9H,1-4,12H2. The number of ether oxygens (including phenoxy) is 2. The van der Waals surface area contributed by atoms with Crippen LogP contribution in [0.25, 0.3) is 0 Å². The Hall–Kier alpha value is -1.22. The van der Waals surface area contributed by atoms with Crippen LogP contribution in [0.1, 0.15) is 23.6 Å². The summed E-state index contributed by atoms with van der Waals surface area (Å²) in [5.74, 6) is 1.73. The van der Waals surface area contributed by atoms with Crippen LogP contribution in [-0.2, 0) is 6.42 Å². The maximum Gasteiger partial charge on any atom is 0.161 e. The highest BCUT2D eigenvalue weighted by Gasteiger charge is 2.23. The van der Waals surface area contributed by atoms with Crippen LogP contribution in [0.15, 0.2) is 12.1 Å². The highest BCUT2D eigenvalue weighted by molar-refractivity contribution is 5.50. The van der Waals surface area contributed by atoms with E-state index in [-0.39, 0.29) is 6.04 Å². The van der Waals surface area contributed by atoms with E-state index in [4.69, 9.17) is 15.2 Å². The van der Waals surface area contributed by atoms with Gasteiger partial charge in [-0.1, -0.05) is 0 Å². The van der Waals surface area contributed by atoms with E-state index >= 15 is 0 Å². The van der Waals surface area contributed by atoms with Gasteiger partial charge in [-0.15, -0.1) is 0 Å². The van der Waals surface area contributed by atoms with Gasteiger partial charge in [-0.3, -0.25) is 0 Å². The summed E-state index contributed by atoms with van der Waals surface area (Å²) >= 11 is 0. The van der Waals surface area contributed by atoms with E-state index in [0.717, 1.165) is 24.3 Å². The van der Waals surface area contributed by atoms with E-state index in [9.17, 15) is 0 Å². The van der Waals surface area contributed by atoms with Gasteiger partial charge in [0.05, 0.1) is 0 Å². The predicted octanol–water partition coefficient (Wildman–Crippen LogP) is 1.40. The first-order valence-corrected chi connectivity index (χ1v) is 5.02. The highest BCUT2D eigenvalue weighted by Crippen LogP contribution is 2.39. The molecular weight excluding hydrogens is 178 g/mol. The van der Waals surface area contributed by atoms with Crippen LogP contribution in [0.5, 0.6) is 11.5 Å². The van der Waals surface area contributed by atoms with Crippen LogP contribution in [0.3, 0.4) is 0 Å². The summed E-state index contributed by atoms with van der Waals surface area (Å²) in [5, 5.41) is 0. The van der Waals surface area contributed by atoms with Crippen molar-refractivity contribution in [2.75, 3.05) is 13.2 Å². The van der Waals surface area contributed by atoms with E-state index in [1.807, 2.05) is 6.07 Å². The zero-order valence-corrected chi connectivity index (χ0v) is 7.95. The fourth-order valence-corrected chi connectivity index (χ4v) is 2.17. The third-order valence-corrected chi connectivity index (χ3v) is 2.93. The number of aryl methyl sites for hydroxylation is 1. The second-order valence-corrected chi connectivity index (χ2v) is 3.84. The fourth-order valence-electron chi connectivity index (χ4n) is 2.17. The second-order valence-electron chi connectivity index (χ2n) is 3.84. The summed E-state index contributed by atoms with van der Waals surface area (Å²) in [6, 6.07) is 4.30. The molecule has 3 rings (SSSR count). The molecule has 0 fully saturated rings. The Morgan fingerprint density at radius 3 is 2.64 bits per heavy atom. The van der Waals surface area contributed by atoms with Crippen LogP contribution in [0, 0.1) is 0 Å². The van der Waals surface area contributed by atoms with Crippen molar-refractivity contribution in [2.24, 2.45) is 5.73 Å². The zero-order valence-electron chi connectivity index (χ0n) is 7.95. The molecule has 3 nitrogen and oxygen atoms in total. The molecule has 1 atom stereocenters. The molecule has 1 aromatic carbocycles. The quantitative estimate of drug-likeness (QED) is 0.674. The molecule has 74 valence electrons. The van der Waals surface area contributed by atoms with Crippen molar-refractivity contribution in [3.8, 4) is 11.5 Å². The molecule has 1 aliphatic heterocycles. The summed E-state index contributed by atoms with van der Waals surface area (Å²) in [5.41, 5.74) is 8.53. The van der Waals surface area contributed by atoms with Crippen molar-refractivity contribution in [2.45, 2.75) is 18.9 Å². The summed E-state index contributed by atoms with van der Waals surface area (Å²) in [7, 11) is 0. The van der Waals surface area contributed by atoms with Crippen LogP contribution in [0.2, 0.25) is 0 Å². The average Bonchev–Trinajstić information content (AvgIpc) is 2.57. The molecule has 0 spiro atoms. The lowest BCUT2D eigenvalue weighted by molar-refractivity contribution is 0.171. The Labute approximate surface area is 82.8 Å². The maximum atomic E-state index is 5.98. The van der Waals surface area contributed by atoms with Crippen molar-refractivity contribution >= 4 is 0 Å². The van der Waals surface area contributed by atoms with Gasteiger partial charge in [0.2, 0.25) is 0 Å². The molecule has 14 heavy (non-hydrogen) atoms. The van der Waals surface area contributed by atoms with E-state index in [1.165, 1.54) is 11.1 Å². The van der Waals surface area contributed by atoms with Gasteiger partial charge < -0.3 is 15.2 Å². The molecule has 0 saturated carbocycles. The molecule has 0 bridgehead atoms. The minimum absolute atomic E-state index is 0.181. The number of hydrogen-bond acceptors (Lipinski definition) is 3. The summed E-state index contributed by atoms with van der Waals surface area (Å²) in [4.78, 5) is 0. The Morgan fingerprint density at radius 2 is 1.86 bits per heavy atom. The molecule has 2 N–H and O–H groups in total. The first-order valence-electron chi connectivity index (χ1n) is 5.02. The molecule has 0 amide bonds. The Kier molecular flexibility index (Phi) is 1.67. The topological polar surface area (TPSA) is 44.5 Å². The highest BCUT2D eigenvalue weighted by atomic mass is 16.6. The number of rotatable bonds is 0. The lowest BCUT2D eigenvalue weighted by Gasteiger charge is -2.20. The third-order valence-electron chi connectivity index (χ3n) is 2.93. The van der Waals surface area contributed by atoms with Crippen molar-refractivity contribution < 1.29 is 9.47 Å². The smallest absolute Gasteiger partial charge is 0.161 e. The van der Waals surface area contributed by atoms with Gasteiger partial charge in [0.1, 0.15) is 13.2 Å². The molecule has 1 unspecified atom stereocenters. The SMILES string of the molecule is NC1CCc2cc3c(cc21)OCCO3. The van der Waals surface area contributed by atoms with Gasteiger partial charge in [0.15, 0.2) is 11.5 Å². The van der Waals surface area contributed by atoms with Crippen LogP contribution >= 0.6 is 0 Å². The van der Waals surface area contributed by atoms with E-state index in [1.54, 1.807) is 0 Å². The lowest BCUT2D eigenvalue weighted by atomic mass is 10.1. The van der Waals surface area contributed by atoms with Gasteiger partial charge in [-0.2, -0.15) is 0 Å². The largest absolute Gasteiger partial charge is 0.486 e. The Bertz CT molecular complexity index is 375. The first-order chi connectivity index (χ1) is 6.84. The predicted molar refractivity (Wildman–Crippen MR) is 52.7 cm³/mol. The maximum absolute atomic E-state index is 5.98. The van der Waals surface area contributed by atoms with Crippen LogP contribution in [0.4, 0.5) is 0 Å². The average molecular weight is 191 g/mol. The molecule has 1 aromatic rings. The minimum atomic E-state index is 0.181. The van der Waals surface area contributed by atoms with E-state index in [2.05, 4.69) is 6.07 Å². The van der Waals surface area contributed by atoms with Gasteiger partial charge in [-0.25, -0.2) is 0 Å². The van der Waals surface area contributed by atoms with Crippen molar-refractivity contribution in [1.29, 1.82) is 0 Å². The summed E-state index contributed by atoms with van der Waals surface area (Å²) in [6.07, 6.45) is 2.10. The van der Waals surface area contributed by atoms with Crippen LogP contribution in [-0.4, -0.2) is 13.2 Å².